The Morgan fingerprint density at radius 1 is 1.18 bits per heavy atom. The van der Waals surface area contributed by atoms with Crippen LogP contribution in [0.2, 0.25) is 5.02 Å². The molecular weight excluding hydrogens is 446 g/mol. The number of aliphatic hydroxyl groups is 1. The lowest BCUT2D eigenvalue weighted by molar-refractivity contribution is -0.131. The van der Waals surface area contributed by atoms with E-state index in [1.54, 1.807) is 17.0 Å². The summed E-state index contributed by atoms with van der Waals surface area (Å²) in [6.45, 7) is 1.97. The van der Waals surface area contributed by atoms with E-state index in [0.29, 0.717) is 10.6 Å². The minimum Gasteiger partial charge on any atom is -0.508 e. The molecule has 28 heavy (non-hydrogen) atoms. The van der Waals surface area contributed by atoms with Gasteiger partial charge in [0.15, 0.2) is 0 Å². The Labute approximate surface area is 176 Å². The highest BCUT2D eigenvalue weighted by atomic mass is 79.9. The first-order valence-corrected chi connectivity index (χ1v) is 10.3. The van der Waals surface area contributed by atoms with Crippen LogP contribution >= 0.6 is 27.5 Å². The van der Waals surface area contributed by atoms with E-state index in [1.807, 2.05) is 31.2 Å². The zero-order chi connectivity index (χ0) is 20.0. The van der Waals surface area contributed by atoms with Crippen LogP contribution < -0.4 is 10.9 Å². The summed E-state index contributed by atoms with van der Waals surface area (Å²) in [6, 6.07) is 10.2. The average Bonchev–Trinajstić information content (AvgIpc) is 3.20. The van der Waals surface area contributed by atoms with E-state index in [-0.39, 0.29) is 42.8 Å². The van der Waals surface area contributed by atoms with Crippen LogP contribution in [-0.2, 0) is 4.79 Å². The number of hydrogen-bond donors (Lipinski definition) is 4. The molecule has 2 aliphatic heterocycles. The molecule has 2 heterocycles. The molecule has 2 aromatic rings. The lowest BCUT2D eigenvalue weighted by atomic mass is 9.83. The topological polar surface area (TPSA) is 84.8 Å². The van der Waals surface area contributed by atoms with Gasteiger partial charge in [-0.25, -0.2) is 10.9 Å². The summed E-state index contributed by atoms with van der Waals surface area (Å²) in [5.41, 5.74) is 8.69. The number of aromatic hydroxyl groups is 1. The van der Waals surface area contributed by atoms with Crippen molar-refractivity contribution in [3.8, 4) is 5.75 Å². The Kier molecular flexibility index (Phi) is 5.37. The van der Waals surface area contributed by atoms with Crippen molar-refractivity contribution in [3.63, 3.8) is 0 Å². The Balaban J connectivity index is 1.79. The van der Waals surface area contributed by atoms with Gasteiger partial charge in [-0.2, -0.15) is 0 Å². The fourth-order valence-electron chi connectivity index (χ4n) is 4.31. The van der Waals surface area contributed by atoms with Crippen LogP contribution in [0.25, 0.3) is 0 Å². The van der Waals surface area contributed by atoms with Gasteiger partial charge in [-0.15, -0.1) is 0 Å². The number of rotatable bonds is 4. The van der Waals surface area contributed by atoms with Gasteiger partial charge in [0, 0.05) is 27.5 Å². The molecule has 0 saturated carbocycles. The molecule has 4 atom stereocenters. The highest BCUT2D eigenvalue weighted by Gasteiger charge is 2.55. The molecule has 2 aliphatic rings. The molecule has 2 fully saturated rings. The van der Waals surface area contributed by atoms with Gasteiger partial charge >= 0.3 is 0 Å². The molecule has 148 valence electrons. The normalized spacial score (nSPS) is 26.7. The molecule has 0 radical (unpaired) electrons. The van der Waals surface area contributed by atoms with Crippen LogP contribution in [0.1, 0.15) is 28.8 Å². The lowest BCUT2D eigenvalue weighted by Gasteiger charge is -2.31. The number of amides is 1. The van der Waals surface area contributed by atoms with Gasteiger partial charge in [0.1, 0.15) is 11.8 Å². The standard InChI is InChI=1S/C20H21BrClN3O3/c1-10-8-15(27)13(9-14(10)22)17-16-18(24-23-17)20(28)25(6-7-26)19(16)11-2-4-12(21)5-3-11/h2-5,8-9,16-19,23-24,26-27H,6-7H2,1H3. The average molecular weight is 467 g/mol. The van der Waals surface area contributed by atoms with Crippen molar-refractivity contribution in [2.45, 2.75) is 25.0 Å². The third-order valence-electron chi connectivity index (χ3n) is 5.61. The highest BCUT2D eigenvalue weighted by molar-refractivity contribution is 9.10. The molecule has 8 heteroatoms. The van der Waals surface area contributed by atoms with Gasteiger partial charge in [-0.1, -0.05) is 39.7 Å². The molecule has 2 saturated heterocycles. The second-order valence-electron chi connectivity index (χ2n) is 7.23. The summed E-state index contributed by atoms with van der Waals surface area (Å²) < 4.78 is 0.952. The van der Waals surface area contributed by atoms with E-state index in [1.165, 1.54) is 0 Å². The van der Waals surface area contributed by atoms with E-state index in [0.717, 1.165) is 15.6 Å². The third kappa shape index (κ3) is 3.21. The molecule has 2 aromatic carbocycles. The Morgan fingerprint density at radius 3 is 2.54 bits per heavy atom. The van der Waals surface area contributed by atoms with Gasteiger partial charge in [-0.3, -0.25) is 4.79 Å². The molecule has 4 N–H and O–H groups in total. The minimum atomic E-state index is -0.454. The SMILES string of the molecule is Cc1cc(O)c(C2NNC3C(=O)N(CCO)C(c4ccc(Br)cc4)C32)cc1Cl. The number of hydrazine groups is 1. The quantitative estimate of drug-likeness (QED) is 0.557. The number of hydrogen-bond acceptors (Lipinski definition) is 5. The number of fused-ring (bicyclic) bond motifs is 1. The zero-order valence-corrected chi connectivity index (χ0v) is 17.5. The summed E-state index contributed by atoms with van der Waals surface area (Å²) in [4.78, 5) is 14.7. The number of halogens is 2. The largest absolute Gasteiger partial charge is 0.508 e. The molecule has 4 rings (SSSR count). The van der Waals surface area contributed by atoms with Gasteiger partial charge in [-0.05, 0) is 42.3 Å². The number of carbonyl (C=O) groups is 1. The van der Waals surface area contributed by atoms with Crippen LogP contribution in [0.3, 0.4) is 0 Å². The van der Waals surface area contributed by atoms with Crippen molar-refractivity contribution in [3.05, 3.63) is 62.6 Å². The fraction of sp³-hybridized carbons (Fsp3) is 0.350. The van der Waals surface area contributed by atoms with Crippen molar-refractivity contribution < 1.29 is 15.0 Å². The molecule has 0 aliphatic carbocycles. The van der Waals surface area contributed by atoms with Gasteiger partial charge < -0.3 is 15.1 Å². The molecule has 4 unspecified atom stereocenters. The minimum absolute atomic E-state index is 0.0698. The third-order valence-corrected chi connectivity index (χ3v) is 6.54. The summed E-state index contributed by atoms with van der Waals surface area (Å²) in [5.74, 6) is -0.103. The van der Waals surface area contributed by atoms with E-state index in [4.69, 9.17) is 11.6 Å². The van der Waals surface area contributed by atoms with Gasteiger partial charge in [0.05, 0.1) is 18.7 Å². The van der Waals surface area contributed by atoms with Crippen LogP contribution in [-0.4, -0.2) is 40.2 Å². The molecule has 6 nitrogen and oxygen atoms in total. The number of aliphatic hydroxyl groups excluding tert-OH is 1. The van der Waals surface area contributed by atoms with E-state index in [9.17, 15) is 15.0 Å². The number of phenolic OH excluding ortho intramolecular Hbond substituents is 1. The van der Waals surface area contributed by atoms with Crippen molar-refractivity contribution in [2.24, 2.45) is 5.92 Å². The van der Waals surface area contributed by atoms with Crippen LogP contribution in [0.4, 0.5) is 0 Å². The zero-order valence-electron chi connectivity index (χ0n) is 15.2. The molecular formula is C20H21BrClN3O3. The number of nitrogens with zero attached hydrogens (tertiary/aromatic N) is 1. The monoisotopic (exact) mass is 465 g/mol. The number of nitrogens with one attached hydrogen (secondary N) is 2. The van der Waals surface area contributed by atoms with Crippen molar-refractivity contribution in [2.75, 3.05) is 13.2 Å². The number of aryl methyl sites for hydroxylation is 1. The highest BCUT2D eigenvalue weighted by Crippen LogP contribution is 2.49. The van der Waals surface area contributed by atoms with Crippen molar-refractivity contribution >= 4 is 33.4 Å². The number of carbonyl (C=O) groups excluding carboxylic acids is 1. The predicted octanol–water partition coefficient (Wildman–Crippen LogP) is 2.83. The summed E-state index contributed by atoms with van der Waals surface area (Å²) in [6.07, 6.45) is 0. The van der Waals surface area contributed by atoms with Crippen LogP contribution in [0.5, 0.6) is 5.75 Å². The predicted molar refractivity (Wildman–Crippen MR) is 110 cm³/mol. The van der Waals surface area contributed by atoms with Crippen LogP contribution in [0.15, 0.2) is 40.9 Å². The number of benzene rings is 2. The van der Waals surface area contributed by atoms with Crippen molar-refractivity contribution in [1.29, 1.82) is 0 Å². The van der Waals surface area contributed by atoms with E-state index in [2.05, 4.69) is 26.8 Å². The Hall–Kier alpha value is -1.64. The smallest absolute Gasteiger partial charge is 0.242 e. The fourth-order valence-corrected chi connectivity index (χ4v) is 4.75. The van der Waals surface area contributed by atoms with Gasteiger partial charge in [0.25, 0.3) is 0 Å². The first kappa shape index (κ1) is 19.7. The molecule has 0 spiro atoms. The molecule has 1 amide bonds. The maximum atomic E-state index is 13.0. The van der Waals surface area contributed by atoms with E-state index >= 15 is 0 Å². The van der Waals surface area contributed by atoms with Crippen LogP contribution in [0, 0.1) is 12.8 Å². The second-order valence-corrected chi connectivity index (χ2v) is 8.56. The second kappa shape index (κ2) is 7.65. The van der Waals surface area contributed by atoms with E-state index < -0.39 is 6.04 Å². The molecule has 0 bridgehead atoms. The Bertz CT molecular complexity index is 908. The summed E-state index contributed by atoms with van der Waals surface area (Å²) in [5, 5.41) is 20.6. The first-order chi connectivity index (χ1) is 13.4. The summed E-state index contributed by atoms with van der Waals surface area (Å²) >= 11 is 9.76. The molecule has 0 aromatic heterocycles. The lowest BCUT2D eigenvalue weighted by Crippen LogP contribution is -2.42. The number of likely N-dealkylation sites (tertiary alicyclic amines) is 1. The maximum absolute atomic E-state index is 13.0. The van der Waals surface area contributed by atoms with Gasteiger partial charge in [0.2, 0.25) is 5.91 Å². The first-order valence-electron chi connectivity index (χ1n) is 9.09. The Morgan fingerprint density at radius 2 is 1.86 bits per heavy atom. The number of phenols is 1. The maximum Gasteiger partial charge on any atom is 0.242 e. The van der Waals surface area contributed by atoms with Crippen molar-refractivity contribution in [1.82, 2.24) is 15.8 Å². The number of β-amino-alcohol motifs (C(OH)–C–C–N with tert-alkyl or cyclic N) is 1. The summed E-state index contributed by atoms with van der Waals surface area (Å²) in [7, 11) is 0.